The number of piperazine rings is 1. The molecule has 2 heterocycles. The van der Waals surface area contributed by atoms with Crippen LogP contribution in [0.1, 0.15) is 29.6 Å². The van der Waals surface area contributed by atoms with Gasteiger partial charge in [0.25, 0.3) is 11.8 Å². The maximum Gasteiger partial charge on any atom is 0.452 e. The number of carbonyl (C=O) groups excluding carboxylic acids is 3. The Bertz CT molecular complexity index is 1420. The van der Waals surface area contributed by atoms with E-state index >= 15 is 0 Å². The van der Waals surface area contributed by atoms with Crippen LogP contribution in [0.3, 0.4) is 0 Å². The Morgan fingerprint density at radius 1 is 1.05 bits per heavy atom. The van der Waals surface area contributed by atoms with Crippen molar-refractivity contribution in [2.75, 3.05) is 43.5 Å². The Hall–Kier alpha value is -4.68. The molecule has 1 atom stereocenters. The van der Waals surface area contributed by atoms with Gasteiger partial charge in [0.1, 0.15) is 0 Å². The lowest BCUT2D eigenvalue weighted by atomic mass is 10.0. The van der Waals surface area contributed by atoms with Gasteiger partial charge in [0.2, 0.25) is 11.7 Å². The molecule has 4 rings (SSSR count). The van der Waals surface area contributed by atoms with E-state index in [1.807, 2.05) is 4.90 Å². The highest BCUT2D eigenvalue weighted by atomic mass is 19.4. The van der Waals surface area contributed by atoms with Crippen LogP contribution in [0.2, 0.25) is 0 Å². The van der Waals surface area contributed by atoms with Crippen molar-refractivity contribution in [3.8, 4) is 11.5 Å². The molecule has 1 fully saturated rings. The van der Waals surface area contributed by atoms with Crippen LogP contribution >= 0.6 is 0 Å². The van der Waals surface area contributed by atoms with Crippen LogP contribution in [0.15, 0.2) is 59.0 Å². The number of oxazole rings is 1. The molecule has 1 aliphatic rings. The number of hydrogen-bond acceptors (Lipinski definition) is 8. The molecule has 13 heteroatoms. The number of methoxy groups -OCH3 is 1. The SMILES string of the molecule is COC(=O)C(C)CC(=N)C(=O)N1CCN(c2ccc(NC(=O)c3nc(-c4ccccc4)oc3C(F)(F)F)cc2)CC1. The average molecular weight is 572 g/mol. The molecule has 0 aliphatic carbocycles. The number of hydrogen-bond donors (Lipinski definition) is 2. The molecule has 41 heavy (non-hydrogen) atoms. The van der Waals surface area contributed by atoms with Gasteiger partial charge >= 0.3 is 12.1 Å². The monoisotopic (exact) mass is 571 g/mol. The van der Waals surface area contributed by atoms with Crippen molar-refractivity contribution < 1.29 is 36.7 Å². The van der Waals surface area contributed by atoms with E-state index in [1.165, 1.54) is 19.2 Å². The molecule has 2 N–H and O–H groups in total. The van der Waals surface area contributed by atoms with Gasteiger partial charge in [-0.1, -0.05) is 25.1 Å². The van der Waals surface area contributed by atoms with Gasteiger partial charge in [-0.15, -0.1) is 0 Å². The molecular weight excluding hydrogens is 543 g/mol. The predicted molar refractivity (Wildman–Crippen MR) is 144 cm³/mol. The van der Waals surface area contributed by atoms with E-state index in [0.29, 0.717) is 31.7 Å². The quantitative estimate of drug-likeness (QED) is 0.301. The number of aromatic nitrogens is 1. The molecule has 216 valence electrons. The molecular formula is C28H28F3N5O5. The van der Waals surface area contributed by atoms with Crippen LogP contribution in [0.4, 0.5) is 24.5 Å². The Labute approximate surface area is 233 Å². The summed E-state index contributed by atoms with van der Waals surface area (Å²) in [6, 6.07) is 14.5. The smallest absolute Gasteiger partial charge is 0.452 e. The fraction of sp³-hybridized carbons (Fsp3) is 0.321. The van der Waals surface area contributed by atoms with Crippen LogP contribution in [-0.4, -0.2) is 66.7 Å². The Morgan fingerprint density at radius 3 is 2.27 bits per heavy atom. The second-order valence-electron chi connectivity index (χ2n) is 9.45. The second kappa shape index (κ2) is 12.2. The summed E-state index contributed by atoms with van der Waals surface area (Å²) in [5.41, 5.74) is 0.322. The van der Waals surface area contributed by atoms with E-state index in [-0.39, 0.29) is 23.7 Å². The van der Waals surface area contributed by atoms with Gasteiger partial charge in [-0.2, -0.15) is 13.2 Å². The maximum absolute atomic E-state index is 13.6. The van der Waals surface area contributed by atoms with E-state index in [2.05, 4.69) is 15.0 Å². The minimum Gasteiger partial charge on any atom is -0.469 e. The first-order valence-corrected chi connectivity index (χ1v) is 12.7. The van der Waals surface area contributed by atoms with E-state index in [0.717, 1.165) is 5.69 Å². The highest BCUT2D eigenvalue weighted by Gasteiger charge is 2.42. The summed E-state index contributed by atoms with van der Waals surface area (Å²) in [5.74, 6) is -4.36. The first-order valence-electron chi connectivity index (χ1n) is 12.7. The van der Waals surface area contributed by atoms with Gasteiger partial charge in [0, 0.05) is 49.5 Å². The van der Waals surface area contributed by atoms with Crippen molar-refractivity contribution in [3.63, 3.8) is 0 Å². The number of amides is 2. The number of halogens is 3. The number of rotatable bonds is 8. The summed E-state index contributed by atoms with van der Waals surface area (Å²) in [6.45, 7) is 3.28. The van der Waals surface area contributed by atoms with Crippen molar-refractivity contribution in [2.24, 2.45) is 5.92 Å². The van der Waals surface area contributed by atoms with Gasteiger partial charge in [-0.25, -0.2) is 4.98 Å². The molecule has 1 aromatic heterocycles. The van der Waals surface area contributed by atoms with E-state index < -0.39 is 41.3 Å². The molecule has 2 amide bonds. The van der Waals surface area contributed by atoms with Crippen LogP contribution in [0.25, 0.3) is 11.5 Å². The van der Waals surface area contributed by atoms with Crippen molar-refractivity contribution in [3.05, 3.63) is 66.1 Å². The van der Waals surface area contributed by atoms with E-state index in [9.17, 15) is 27.6 Å². The third kappa shape index (κ3) is 6.91. The number of nitrogens with one attached hydrogen (secondary N) is 2. The number of carbonyl (C=O) groups is 3. The third-order valence-corrected chi connectivity index (χ3v) is 6.55. The highest BCUT2D eigenvalue weighted by molar-refractivity contribution is 6.37. The Kier molecular flexibility index (Phi) is 8.74. The number of esters is 1. The largest absolute Gasteiger partial charge is 0.469 e. The zero-order chi connectivity index (χ0) is 29.7. The normalized spacial score (nSPS) is 14.4. The zero-order valence-electron chi connectivity index (χ0n) is 22.3. The molecule has 0 radical (unpaired) electrons. The lowest BCUT2D eigenvalue weighted by Crippen LogP contribution is -2.50. The molecule has 0 spiro atoms. The number of anilines is 2. The van der Waals surface area contributed by atoms with Crippen LogP contribution in [-0.2, 0) is 20.5 Å². The van der Waals surface area contributed by atoms with E-state index in [1.54, 1.807) is 54.3 Å². The summed E-state index contributed by atoms with van der Waals surface area (Å²) < 4.78 is 50.3. The van der Waals surface area contributed by atoms with Crippen LogP contribution < -0.4 is 10.2 Å². The minimum atomic E-state index is -4.92. The van der Waals surface area contributed by atoms with Gasteiger partial charge in [0.05, 0.1) is 18.7 Å². The summed E-state index contributed by atoms with van der Waals surface area (Å²) in [5, 5.41) is 10.5. The second-order valence-corrected chi connectivity index (χ2v) is 9.45. The lowest BCUT2D eigenvalue weighted by molar-refractivity contribution is -0.153. The van der Waals surface area contributed by atoms with E-state index in [4.69, 9.17) is 9.83 Å². The molecule has 1 unspecified atom stereocenters. The number of alkyl halides is 3. The van der Waals surface area contributed by atoms with Crippen LogP contribution in [0.5, 0.6) is 0 Å². The van der Waals surface area contributed by atoms with Crippen molar-refractivity contribution >= 4 is 34.9 Å². The lowest BCUT2D eigenvalue weighted by Gasteiger charge is -2.36. The summed E-state index contributed by atoms with van der Waals surface area (Å²) in [4.78, 5) is 44.4. The van der Waals surface area contributed by atoms with Gasteiger partial charge < -0.3 is 24.3 Å². The topological polar surface area (TPSA) is 129 Å². The fourth-order valence-corrected chi connectivity index (χ4v) is 4.35. The van der Waals surface area contributed by atoms with Gasteiger partial charge in [0.15, 0.2) is 5.69 Å². The first kappa shape index (κ1) is 29.3. The summed E-state index contributed by atoms with van der Waals surface area (Å²) in [7, 11) is 1.26. The zero-order valence-corrected chi connectivity index (χ0v) is 22.3. The molecule has 0 saturated carbocycles. The highest BCUT2D eigenvalue weighted by Crippen LogP contribution is 2.35. The standard InChI is InChI=1S/C28H28F3N5O5/c1-17(27(39)40-2)16-21(32)26(38)36-14-12-35(13-15-36)20-10-8-19(9-11-20)33-24(37)22-23(28(29,30)31)41-25(34-22)18-6-4-3-5-7-18/h3-11,17,32H,12-16H2,1-2H3,(H,33,37). The van der Waals surface area contributed by atoms with Crippen LogP contribution in [0, 0.1) is 11.3 Å². The number of ether oxygens (including phenoxy) is 1. The number of benzene rings is 2. The summed E-state index contributed by atoms with van der Waals surface area (Å²) >= 11 is 0. The molecule has 1 aliphatic heterocycles. The Balaban J connectivity index is 1.37. The van der Waals surface area contributed by atoms with Gasteiger partial charge in [-0.3, -0.25) is 19.8 Å². The predicted octanol–water partition coefficient (Wildman–Crippen LogP) is 4.48. The fourth-order valence-electron chi connectivity index (χ4n) is 4.35. The first-order chi connectivity index (χ1) is 19.5. The van der Waals surface area contributed by atoms with Crippen molar-refractivity contribution in [2.45, 2.75) is 19.5 Å². The van der Waals surface area contributed by atoms with Crippen molar-refractivity contribution in [1.29, 1.82) is 5.41 Å². The van der Waals surface area contributed by atoms with Gasteiger partial charge in [-0.05, 0) is 36.4 Å². The third-order valence-electron chi connectivity index (χ3n) is 6.55. The Morgan fingerprint density at radius 2 is 1.68 bits per heavy atom. The molecule has 1 saturated heterocycles. The average Bonchev–Trinajstić information content (AvgIpc) is 3.44. The molecule has 0 bridgehead atoms. The summed E-state index contributed by atoms with van der Waals surface area (Å²) in [6.07, 6.45) is -4.93. The molecule has 2 aromatic carbocycles. The number of nitrogens with zero attached hydrogens (tertiary/aromatic N) is 3. The molecule has 10 nitrogen and oxygen atoms in total. The minimum absolute atomic E-state index is 0.00866. The molecule has 3 aromatic rings. The maximum atomic E-state index is 13.6. The van der Waals surface area contributed by atoms with Crippen molar-refractivity contribution in [1.82, 2.24) is 9.88 Å².